The Morgan fingerprint density at radius 1 is 1.18 bits per heavy atom. The maximum Gasteiger partial charge on any atom is 0.123 e. The van der Waals surface area contributed by atoms with Gasteiger partial charge in [-0.2, -0.15) is 0 Å². The highest BCUT2D eigenvalue weighted by Crippen LogP contribution is 2.23. The molecule has 0 spiro atoms. The standard InChI is InChI=1S/C14H21NO2/c1-5-15-11(2)6-7-12-8-13(16-3)10-14(9-12)17-4/h6-11,15H,5H2,1-4H3/b7-6+. The highest BCUT2D eigenvalue weighted by atomic mass is 16.5. The molecule has 1 N–H and O–H groups in total. The maximum absolute atomic E-state index is 5.22. The van der Waals surface area contributed by atoms with Crippen molar-refractivity contribution in [2.45, 2.75) is 19.9 Å². The van der Waals surface area contributed by atoms with Crippen molar-refractivity contribution in [1.29, 1.82) is 0 Å². The molecule has 0 aliphatic rings. The molecule has 0 saturated heterocycles. The molecule has 1 aromatic rings. The molecular formula is C14H21NO2. The SMILES string of the molecule is CCNC(C)/C=C/c1cc(OC)cc(OC)c1. The maximum atomic E-state index is 5.22. The minimum Gasteiger partial charge on any atom is -0.497 e. The number of hydrogen-bond acceptors (Lipinski definition) is 3. The van der Waals surface area contributed by atoms with E-state index < -0.39 is 0 Å². The molecule has 94 valence electrons. The van der Waals surface area contributed by atoms with Gasteiger partial charge < -0.3 is 14.8 Å². The molecule has 3 nitrogen and oxygen atoms in total. The van der Waals surface area contributed by atoms with Gasteiger partial charge in [0.2, 0.25) is 0 Å². The first kappa shape index (κ1) is 13.6. The van der Waals surface area contributed by atoms with E-state index in [1.54, 1.807) is 14.2 Å². The van der Waals surface area contributed by atoms with E-state index in [0.717, 1.165) is 23.6 Å². The fourth-order valence-corrected chi connectivity index (χ4v) is 1.57. The number of hydrogen-bond donors (Lipinski definition) is 1. The van der Waals surface area contributed by atoms with E-state index in [9.17, 15) is 0 Å². The van der Waals surface area contributed by atoms with Crippen LogP contribution in [0.4, 0.5) is 0 Å². The lowest BCUT2D eigenvalue weighted by Gasteiger charge is -2.08. The van der Waals surface area contributed by atoms with Gasteiger partial charge in [0.15, 0.2) is 0 Å². The molecule has 0 aliphatic carbocycles. The zero-order chi connectivity index (χ0) is 12.7. The number of nitrogens with one attached hydrogen (secondary N) is 1. The highest BCUT2D eigenvalue weighted by molar-refractivity contribution is 5.55. The first-order chi connectivity index (χ1) is 8.19. The van der Waals surface area contributed by atoms with Crippen LogP contribution in [0.3, 0.4) is 0 Å². The minimum atomic E-state index is 0.359. The quantitative estimate of drug-likeness (QED) is 0.822. The number of methoxy groups -OCH3 is 2. The number of likely N-dealkylation sites (N-methyl/N-ethyl adjacent to an activating group) is 1. The van der Waals surface area contributed by atoms with Crippen LogP contribution >= 0.6 is 0 Å². The molecule has 0 amide bonds. The second-order valence-corrected chi connectivity index (χ2v) is 3.85. The van der Waals surface area contributed by atoms with Crippen LogP contribution < -0.4 is 14.8 Å². The van der Waals surface area contributed by atoms with Crippen molar-refractivity contribution in [2.75, 3.05) is 20.8 Å². The summed E-state index contributed by atoms with van der Waals surface area (Å²) in [5, 5.41) is 3.32. The predicted octanol–water partition coefficient (Wildman–Crippen LogP) is 2.72. The summed E-state index contributed by atoms with van der Waals surface area (Å²) in [5.74, 6) is 1.61. The van der Waals surface area contributed by atoms with Crippen LogP contribution in [0.2, 0.25) is 0 Å². The Kier molecular flexibility index (Phi) is 5.57. The van der Waals surface area contributed by atoms with E-state index in [0.29, 0.717) is 6.04 Å². The van der Waals surface area contributed by atoms with Gasteiger partial charge in [-0.3, -0.25) is 0 Å². The van der Waals surface area contributed by atoms with Crippen molar-refractivity contribution in [3.8, 4) is 11.5 Å². The molecule has 0 saturated carbocycles. The molecule has 17 heavy (non-hydrogen) atoms. The van der Waals surface area contributed by atoms with E-state index in [1.807, 2.05) is 18.2 Å². The third-order valence-corrected chi connectivity index (χ3v) is 2.48. The van der Waals surface area contributed by atoms with E-state index in [-0.39, 0.29) is 0 Å². The summed E-state index contributed by atoms with van der Waals surface area (Å²) < 4.78 is 10.4. The van der Waals surface area contributed by atoms with E-state index in [4.69, 9.17) is 9.47 Å². The summed E-state index contributed by atoms with van der Waals surface area (Å²) in [6, 6.07) is 6.19. The van der Waals surface area contributed by atoms with Crippen LogP contribution in [0.25, 0.3) is 6.08 Å². The molecule has 1 rings (SSSR count). The van der Waals surface area contributed by atoms with Gasteiger partial charge in [0.05, 0.1) is 14.2 Å². The Morgan fingerprint density at radius 3 is 2.24 bits per heavy atom. The lowest BCUT2D eigenvalue weighted by molar-refractivity contribution is 0.394. The normalized spacial score (nSPS) is 12.7. The third kappa shape index (κ3) is 4.49. The first-order valence-corrected chi connectivity index (χ1v) is 5.84. The average molecular weight is 235 g/mol. The van der Waals surface area contributed by atoms with Crippen LogP contribution in [0.15, 0.2) is 24.3 Å². The molecule has 0 bridgehead atoms. The van der Waals surface area contributed by atoms with Crippen molar-refractivity contribution in [3.05, 3.63) is 29.8 Å². The Labute approximate surface area is 103 Å². The Morgan fingerprint density at radius 2 is 1.76 bits per heavy atom. The third-order valence-electron chi connectivity index (χ3n) is 2.48. The Hall–Kier alpha value is -1.48. The van der Waals surface area contributed by atoms with Crippen LogP contribution in [0, 0.1) is 0 Å². The lowest BCUT2D eigenvalue weighted by Crippen LogP contribution is -2.22. The Balaban J connectivity index is 2.82. The zero-order valence-electron chi connectivity index (χ0n) is 11.0. The minimum absolute atomic E-state index is 0.359. The topological polar surface area (TPSA) is 30.5 Å². The summed E-state index contributed by atoms with van der Waals surface area (Å²) in [7, 11) is 3.31. The van der Waals surface area contributed by atoms with Crippen molar-refractivity contribution in [1.82, 2.24) is 5.32 Å². The van der Waals surface area contributed by atoms with Crippen molar-refractivity contribution < 1.29 is 9.47 Å². The van der Waals surface area contributed by atoms with Crippen LogP contribution in [-0.2, 0) is 0 Å². The second kappa shape index (κ2) is 6.97. The van der Waals surface area contributed by atoms with Crippen molar-refractivity contribution >= 4 is 6.08 Å². The fourth-order valence-electron chi connectivity index (χ4n) is 1.57. The molecule has 0 radical (unpaired) electrons. The molecular weight excluding hydrogens is 214 g/mol. The highest BCUT2D eigenvalue weighted by Gasteiger charge is 2.00. The van der Waals surface area contributed by atoms with Gasteiger partial charge in [0, 0.05) is 12.1 Å². The first-order valence-electron chi connectivity index (χ1n) is 5.84. The van der Waals surface area contributed by atoms with E-state index in [1.165, 1.54) is 0 Å². The summed E-state index contributed by atoms with van der Waals surface area (Å²) in [5.41, 5.74) is 1.07. The molecule has 1 unspecified atom stereocenters. The molecule has 0 fully saturated rings. The van der Waals surface area contributed by atoms with Crippen LogP contribution in [0.5, 0.6) is 11.5 Å². The summed E-state index contributed by atoms with van der Waals surface area (Å²) in [6.07, 6.45) is 4.19. The van der Waals surface area contributed by atoms with Gasteiger partial charge in [-0.25, -0.2) is 0 Å². The lowest BCUT2D eigenvalue weighted by atomic mass is 10.1. The van der Waals surface area contributed by atoms with Crippen molar-refractivity contribution in [3.63, 3.8) is 0 Å². The van der Waals surface area contributed by atoms with Crippen LogP contribution in [0.1, 0.15) is 19.4 Å². The summed E-state index contributed by atoms with van der Waals surface area (Å²) in [4.78, 5) is 0. The van der Waals surface area contributed by atoms with Gasteiger partial charge in [-0.1, -0.05) is 19.1 Å². The van der Waals surface area contributed by atoms with Gasteiger partial charge in [0.25, 0.3) is 0 Å². The van der Waals surface area contributed by atoms with E-state index >= 15 is 0 Å². The number of rotatable bonds is 6. The molecule has 0 aromatic heterocycles. The monoisotopic (exact) mass is 235 g/mol. The fraction of sp³-hybridized carbons (Fsp3) is 0.429. The second-order valence-electron chi connectivity index (χ2n) is 3.85. The molecule has 0 aliphatic heterocycles. The van der Waals surface area contributed by atoms with Gasteiger partial charge in [-0.05, 0) is 31.2 Å². The number of ether oxygens (including phenoxy) is 2. The zero-order valence-corrected chi connectivity index (χ0v) is 11.0. The molecule has 0 heterocycles. The van der Waals surface area contributed by atoms with E-state index in [2.05, 4.69) is 31.3 Å². The van der Waals surface area contributed by atoms with Crippen LogP contribution in [-0.4, -0.2) is 26.8 Å². The predicted molar refractivity (Wildman–Crippen MR) is 71.7 cm³/mol. The summed E-state index contributed by atoms with van der Waals surface area (Å²) in [6.45, 7) is 5.18. The summed E-state index contributed by atoms with van der Waals surface area (Å²) >= 11 is 0. The molecule has 1 atom stereocenters. The smallest absolute Gasteiger partial charge is 0.123 e. The van der Waals surface area contributed by atoms with Gasteiger partial charge >= 0.3 is 0 Å². The average Bonchev–Trinajstić information content (AvgIpc) is 2.36. The largest absolute Gasteiger partial charge is 0.497 e. The molecule has 1 aromatic carbocycles. The number of benzene rings is 1. The van der Waals surface area contributed by atoms with Gasteiger partial charge in [-0.15, -0.1) is 0 Å². The van der Waals surface area contributed by atoms with Crippen molar-refractivity contribution in [2.24, 2.45) is 0 Å². The molecule has 3 heteroatoms. The Bertz CT molecular complexity index is 352. The van der Waals surface area contributed by atoms with Gasteiger partial charge in [0.1, 0.15) is 11.5 Å².